The van der Waals surface area contributed by atoms with Crippen LogP contribution in [0, 0.1) is 0 Å². The molecule has 150 valence electrons. The van der Waals surface area contributed by atoms with Crippen molar-refractivity contribution in [3.05, 3.63) is 77.3 Å². The van der Waals surface area contributed by atoms with Crippen molar-refractivity contribution in [3.8, 4) is 22.6 Å². The lowest BCUT2D eigenvalue weighted by atomic mass is 10.1. The molecule has 0 aliphatic carbocycles. The fourth-order valence-corrected chi connectivity index (χ4v) is 3.14. The van der Waals surface area contributed by atoms with Gasteiger partial charge in [0, 0.05) is 17.3 Å². The summed E-state index contributed by atoms with van der Waals surface area (Å²) in [7, 11) is 1.57. The zero-order valence-electron chi connectivity index (χ0n) is 16.2. The minimum atomic E-state index is -0.120. The molecule has 0 bridgehead atoms. The Kier molecular flexibility index (Phi) is 7.11. The van der Waals surface area contributed by atoms with Gasteiger partial charge in [-0.15, -0.1) is 0 Å². The van der Waals surface area contributed by atoms with E-state index in [1.807, 2.05) is 54.6 Å². The van der Waals surface area contributed by atoms with Gasteiger partial charge >= 0.3 is 0 Å². The highest BCUT2D eigenvalue weighted by Crippen LogP contribution is 2.29. The third kappa shape index (κ3) is 5.73. The van der Waals surface area contributed by atoms with E-state index in [4.69, 9.17) is 26.8 Å². The van der Waals surface area contributed by atoms with Crippen molar-refractivity contribution in [2.45, 2.75) is 6.42 Å². The topological polar surface area (TPSA) is 73.6 Å². The summed E-state index contributed by atoms with van der Waals surface area (Å²) < 4.78 is 10.9. The molecule has 0 aliphatic rings. The molecule has 0 saturated carbocycles. The van der Waals surface area contributed by atoms with Gasteiger partial charge in [0.05, 0.1) is 13.5 Å². The lowest BCUT2D eigenvalue weighted by Gasteiger charge is -2.12. The van der Waals surface area contributed by atoms with Crippen LogP contribution < -0.4 is 20.5 Å². The summed E-state index contributed by atoms with van der Waals surface area (Å²) in [5.74, 6) is 1.06. The first-order valence-corrected chi connectivity index (χ1v) is 9.62. The standard InChI is InChI=1S/C23H23ClN2O3/c1-28-22-12-16(8-9-21(22)29-11-10-25)13-23(27)26-20-7-3-5-18(15-20)17-4-2-6-19(24)14-17/h2-9,12,14-15H,10-11,13,25H2,1H3,(H,26,27). The molecular formula is C23H23ClN2O3. The molecule has 3 N–H and O–H groups in total. The van der Waals surface area contributed by atoms with Crippen LogP contribution in [0.2, 0.25) is 5.02 Å². The minimum Gasteiger partial charge on any atom is -0.493 e. The summed E-state index contributed by atoms with van der Waals surface area (Å²) in [5, 5.41) is 3.61. The molecule has 0 radical (unpaired) electrons. The normalized spacial score (nSPS) is 10.4. The summed E-state index contributed by atoms with van der Waals surface area (Å²) in [6, 6.07) is 20.7. The summed E-state index contributed by atoms with van der Waals surface area (Å²) in [6.07, 6.45) is 0.217. The molecular weight excluding hydrogens is 388 g/mol. The predicted molar refractivity (Wildman–Crippen MR) is 117 cm³/mol. The molecule has 0 saturated heterocycles. The van der Waals surface area contributed by atoms with Crippen molar-refractivity contribution in [3.63, 3.8) is 0 Å². The van der Waals surface area contributed by atoms with E-state index in [0.29, 0.717) is 29.7 Å². The quantitative estimate of drug-likeness (QED) is 0.572. The minimum absolute atomic E-state index is 0.120. The number of hydrogen-bond donors (Lipinski definition) is 2. The highest BCUT2D eigenvalue weighted by molar-refractivity contribution is 6.30. The Labute approximate surface area is 175 Å². The average molecular weight is 411 g/mol. The predicted octanol–water partition coefficient (Wildman–Crippen LogP) is 4.53. The van der Waals surface area contributed by atoms with Gasteiger partial charge < -0.3 is 20.5 Å². The number of nitrogens with one attached hydrogen (secondary N) is 1. The van der Waals surface area contributed by atoms with Crippen LogP contribution in [0.1, 0.15) is 5.56 Å². The Balaban J connectivity index is 1.69. The molecule has 0 heterocycles. The first-order valence-electron chi connectivity index (χ1n) is 9.24. The summed E-state index contributed by atoms with van der Waals surface area (Å²) in [4.78, 5) is 12.5. The van der Waals surface area contributed by atoms with Gasteiger partial charge in [0.2, 0.25) is 5.91 Å². The molecule has 3 aromatic carbocycles. The lowest BCUT2D eigenvalue weighted by Crippen LogP contribution is -2.14. The van der Waals surface area contributed by atoms with E-state index in [9.17, 15) is 4.79 Å². The van der Waals surface area contributed by atoms with E-state index >= 15 is 0 Å². The molecule has 3 aromatic rings. The van der Waals surface area contributed by atoms with Crippen molar-refractivity contribution < 1.29 is 14.3 Å². The van der Waals surface area contributed by atoms with E-state index in [-0.39, 0.29) is 12.3 Å². The van der Waals surface area contributed by atoms with Gasteiger partial charge in [0.1, 0.15) is 6.61 Å². The number of rotatable bonds is 8. The number of methoxy groups -OCH3 is 1. The molecule has 0 fully saturated rings. The lowest BCUT2D eigenvalue weighted by molar-refractivity contribution is -0.115. The molecule has 5 nitrogen and oxygen atoms in total. The molecule has 1 amide bonds. The van der Waals surface area contributed by atoms with Gasteiger partial charge in [-0.2, -0.15) is 0 Å². The third-order valence-corrected chi connectivity index (χ3v) is 4.51. The molecule has 6 heteroatoms. The van der Waals surface area contributed by atoms with Gasteiger partial charge in [-0.3, -0.25) is 4.79 Å². The maximum absolute atomic E-state index is 12.5. The van der Waals surface area contributed by atoms with Crippen LogP contribution in [0.3, 0.4) is 0 Å². The van der Waals surface area contributed by atoms with Crippen LogP contribution >= 0.6 is 11.6 Å². The number of nitrogens with two attached hydrogens (primary N) is 1. The van der Waals surface area contributed by atoms with Crippen LogP contribution in [0.4, 0.5) is 5.69 Å². The van der Waals surface area contributed by atoms with E-state index in [1.54, 1.807) is 19.2 Å². The van der Waals surface area contributed by atoms with E-state index in [0.717, 1.165) is 22.4 Å². The summed E-state index contributed by atoms with van der Waals surface area (Å²) in [6.45, 7) is 0.820. The number of benzene rings is 3. The molecule has 0 atom stereocenters. The SMILES string of the molecule is COc1cc(CC(=O)Nc2cccc(-c3cccc(Cl)c3)c2)ccc1OCCN. The van der Waals surface area contributed by atoms with Gasteiger partial charge in [-0.25, -0.2) is 0 Å². The van der Waals surface area contributed by atoms with Gasteiger partial charge in [0.25, 0.3) is 0 Å². The number of amides is 1. The first-order chi connectivity index (χ1) is 14.1. The first kappa shape index (κ1) is 20.7. The molecule has 0 aromatic heterocycles. The molecule has 0 unspecified atom stereocenters. The second-order valence-electron chi connectivity index (χ2n) is 6.44. The van der Waals surface area contributed by atoms with Crippen molar-refractivity contribution in [1.82, 2.24) is 0 Å². The fraction of sp³-hybridized carbons (Fsp3) is 0.174. The van der Waals surface area contributed by atoms with Crippen LogP contribution in [-0.2, 0) is 11.2 Å². The third-order valence-electron chi connectivity index (χ3n) is 4.27. The molecule has 0 spiro atoms. The highest BCUT2D eigenvalue weighted by Gasteiger charge is 2.10. The second kappa shape index (κ2) is 9.96. The number of hydrogen-bond acceptors (Lipinski definition) is 4. The Hall–Kier alpha value is -3.02. The monoisotopic (exact) mass is 410 g/mol. The van der Waals surface area contributed by atoms with Gasteiger partial charge in [-0.1, -0.05) is 41.9 Å². The van der Waals surface area contributed by atoms with Crippen LogP contribution in [-0.4, -0.2) is 26.2 Å². The van der Waals surface area contributed by atoms with Crippen molar-refractivity contribution >= 4 is 23.2 Å². The smallest absolute Gasteiger partial charge is 0.228 e. The van der Waals surface area contributed by atoms with E-state index in [1.165, 1.54) is 0 Å². The van der Waals surface area contributed by atoms with Crippen LogP contribution in [0.15, 0.2) is 66.7 Å². The Morgan fingerprint density at radius 3 is 2.48 bits per heavy atom. The van der Waals surface area contributed by atoms with Crippen molar-refractivity contribution in [2.24, 2.45) is 5.73 Å². The maximum atomic E-state index is 12.5. The van der Waals surface area contributed by atoms with Gasteiger partial charge in [0.15, 0.2) is 11.5 Å². The number of halogens is 1. The second-order valence-corrected chi connectivity index (χ2v) is 6.87. The Morgan fingerprint density at radius 1 is 1.00 bits per heavy atom. The zero-order valence-corrected chi connectivity index (χ0v) is 16.9. The van der Waals surface area contributed by atoms with E-state index in [2.05, 4.69) is 5.32 Å². The average Bonchev–Trinajstić information content (AvgIpc) is 2.72. The van der Waals surface area contributed by atoms with Crippen LogP contribution in [0.5, 0.6) is 11.5 Å². The van der Waals surface area contributed by atoms with Gasteiger partial charge in [-0.05, 0) is 53.1 Å². The van der Waals surface area contributed by atoms with Crippen LogP contribution in [0.25, 0.3) is 11.1 Å². The Morgan fingerprint density at radius 2 is 1.76 bits per heavy atom. The molecule has 0 aliphatic heterocycles. The molecule has 3 rings (SSSR count). The highest BCUT2D eigenvalue weighted by atomic mass is 35.5. The maximum Gasteiger partial charge on any atom is 0.228 e. The number of ether oxygens (including phenoxy) is 2. The van der Waals surface area contributed by atoms with Crippen molar-refractivity contribution in [2.75, 3.05) is 25.6 Å². The van der Waals surface area contributed by atoms with Crippen molar-refractivity contribution in [1.29, 1.82) is 0 Å². The summed E-state index contributed by atoms with van der Waals surface area (Å²) >= 11 is 6.08. The number of anilines is 1. The number of carbonyl (C=O) groups is 1. The summed E-state index contributed by atoms with van der Waals surface area (Å²) in [5.41, 5.74) is 8.99. The molecule has 29 heavy (non-hydrogen) atoms. The van der Waals surface area contributed by atoms with E-state index < -0.39 is 0 Å². The zero-order chi connectivity index (χ0) is 20.6. The largest absolute Gasteiger partial charge is 0.493 e. The fourth-order valence-electron chi connectivity index (χ4n) is 2.95. The Bertz CT molecular complexity index is 991. The number of carbonyl (C=O) groups excluding carboxylic acids is 1.